The molecule has 0 aliphatic carbocycles. The fourth-order valence-corrected chi connectivity index (χ4v) is 3.13. The van der Waals surface area contributed by atoms with E-state index in [1.165, 1.54) is 5.01 Å². The van der Waals surface area contributed by atoms with E-state index < -0.39 is 0 Å². The largest absolute Gasteiger partial charge is 0.326 e. The molecule has 0 spiro atoms. The van der Waals surface area contributed by atoms with Crippen molar-refractivity contribution >= 4 is 35.0 Å². The van der Waals surface area contributed by atoms with Crippen LogP contribution in [0.15, 0.2) is 64.6 Å². The standard InChI is InChI=1S/C20H21N3O2S/c1-26-17-9-7-16(8-10-17)21-19(24)11-12-20(25)23-14-13-18(22-23)15-5-3-2-4-6-15/h2-10H,11-14H2,1H3,(H,21,24). The molecule has 0 bridgehead atoms. The molecule has 0 unspecified atom stereocenters. The second-order valence-corrected chi connectivity index (χ2v) is 6.84. The molecular weight excluding hydrogens is 346 g/mol. The number of carbonyl (C=O) groups excluding carboxylic acids is 2. The van der Waals surface area contributed by atoms with Crippen LogP contribution in [0.5, 0.6) is 0 Å². The number of rotatable bonds is 6. The third kappa shape index (κ3) is 4.73. The van der Waals surface area contributed by atoms with E-state index in [4.69, 9.17) is 0 Å². The van der Waals surface area contributed by atoms with Gasteiger partial charge < -0.3 is 5.32 Å². The fraction of sp³-hybridized carbons (Fsp3) is 0.250. The maximum absolute atomic E-state index is 12.3. The third-order valence-electron chi connectivity index (χ3n) is 4.14. The Balaban J connectivity index is 1.49. The zero-order valence-corrected chi connectivity index (χ0v) is 15.5. The Hall–Kier alpha value is -2.60. The molecule has 2 amide bonds. The average molecular weight is 367 g/mol. The van der Waals surface area contributed by atoms with Crippen molar-refractivity contribution in [3.05, 3.63) is 60.2 Å². The molecule has 0 saturated heterocycles. The van der Waals surface area contributed by atoms with E-state index in [0.717, 1.165) is 28.3 Å². The number of carbonyl (C=O) groups is 2. The molecule has 0 saturated carbocycles. The highest BCUT2D eigenvalue weighted by Gasteiger charge is 2.21. The molecule has 1 heterocycles. The molecule has 1 aliphatic rings. The highest BCUT2D eigenvalue weighted by atomic mass is 32.2. The molecule has 2 aromatic carbocycles. The summed E-state index contributed by atoms with van der Waals surface area (Å²) in [6, 6.07) is 17.5. The molecule has 6 heteroatoms. The van der Waals surface area contributed by atoms with Gasteiger partial charge in [0.2, 0.25) is 11.8 Å². The normalized spacial score (nSPS) is 13.4. The van der Waals surface area contributed by atoms with E-state index in [2.05, 4.69) is 10.4 Å². The molecule has 0 atom stereocenters. The molecule has 134 valence electrons. The summed E-state index contributed by atoms with van der Waals surface area (Å²) in [6.07, 6.45) is 3.04. The van der Waals surface area contributed by atoms with Crippen LogP contribution < -0.4 is 5.32 Å². The molecular formula is C20H21N3O2S. The highest BCUT2D eigenvalue weighted by molar-refractivity contribution is 7.98. The van der Waals surface area contributed by atoms with Crippen molar-refractivity contribution in [3.63, 3.8) is 0 Å². The van der Waals surface area contributed by atoms with Crippen LogP contribution in [0.4, 0.5) is 5.69 Å². The second-order valence-electron chi connectivity index (χ2n) is 5.96. The van der Waals surface area contributed by atoms with Gasteiger partial charge in [0.05, 0.1) is 12.3 Å². The van der Waals surface area contributed by atoms with Gasteiger partial charge in [-0.2, -0.15) is 5.10 Å². The lowest BCUT2D eigenvalue weighted by molar-refractivity contribution is -0.132. The Kier molecular flexibility index (Phi) is 6.07. The lowest BCUT2D eigenvalue weighted by Gasteiger charge is -2.11. The van der Waals surface area contributed by atoms with Gasteiger partial charge in [-0.15, -0.1) is 11.8 Å². The molecule has 5 nitrogen and oxygen atoms in total. The van der Waals surface area contributed by atoms with Crippen molar-refractivity contribution in [2.45, 2.75) is 24.2 Å². The number of hydrogen-bond donors (Lipinski definition) is 1. The van der Waals surface area contributed by atoms with Crippen LogP contribution in [0.3, 0.4) is 0 Å². The Morgan fingerprint density at radius 2 is 1.81 bits per heavy atom. The van der Waals surface area contributed by atoms with Crippen molar-refractivity contribution < 1.29 is 9.59 Å². The Bertz CT molecular complexity index is 804. The Morgan fingerprint density at radius 3 is 2.50 bits per heavy atom. The minimum atomic E-state index is -0.165. The number of anilines is 1. The first-order valence-corrected chi connectivity index (χ1v) is 9.75. The molecule has 0 fully saturated rings. The summed E-state index contributed by atoms with van der Waals surface area (Å²) < 4.78 is 0. The number of nitrogens with zero attached hydrogens (tertiary/aromatic N) is 2. The lowest BCUT2D eigenvalue weighted by Crippen LogP contribution is -2.24. The minimum Gasteiger partial charge on any atom is -0.326 e. The number of thioether (sulfide) groups is 1. The molecule has 2 aromatic rings. The predicted molar refractivity (Wildman–Crippen MR) is 105 cm³/mol. The first-order valence-electron chi connectivity index (χ1n) is 8.53. The van der Waals surface area contributed by atoms with E-state index >= 15 is 0 Å². The van der Waals surface area contributed by atoms with Gasteiger partial charge in [0.15, 0.2) is 0 Å². The van der Waals surface area contributed by atoms with Gasteiger partial charge in [-0.1, -0.05) is 30.3 Å². The quantitative estimate of drug-likeness (QED) is 0.791. The second kappa shape index (κ2) is 8.67. The topological polar surface area (TPSA) is 61.8 Å². The zero-order valence-electron chi connectivity index (χ0n) is 14.6. The lowest BCUT2D eigenvalue weighted by atomic mass is 10.1. The summed E-state index contributed by atoms with van der Waals surface area (Å²) in [6.45, 7) is 0.570. The van der Waals surface area contributed by atoms with Gasteiger partial charge in [-0.3, -0.25) is 9.59 Å². The van der Waals surface area contributed by atoms with E-state index in [0.29, 0.717) is 6.54 Å². The van der Waals surface area contributed by atoms with Crippen LogP contribution in [0, 0.1) is 0 Å². The van der Waals surface area contributed by atoms with Gasteiger partial charge in [-0.05, 0) is 36.1 Å². The summed E-state index contributed by atoms with van der Waals surface area (Å²) in [5.74, 6) is -0.287. The van der Waals surface area contributed by atoms with Crippen LogP contribution in [-0.4, -0.2) is 35.3 Å². The molecule has 1 N–H and O–H groups in total. The monoisotopic (exact) mass is 367 g/mol. The van der Waals surface area contributed by atoms with Crippen molar-refractivity contribution in [1.29, 1.82) is 0 Å². The van der Waals surface area contributed by atoms with Crippen molar-refractivity contribution in [3.8, 4) is 0 Å². The van der Waals surface area contributed by atoms with Crippen molar-refractivity contribution in [2.75, 3.05) is 18.1 Å². The van der Waals surface area contributed by atoms with Crippen LogP contribution in [0.25, 0.3) is 0 Å². The molecule has 3 rings (SSSR count). The highest BCUT2D eigenvalue weighted by Crippen LogP contribution is 2.18. The van der Waals surface area contributed by atoms with E-state index in [1.54, 1.807) is 11.8 Å². The van der Waals surface area contributed by atoms with Crippen molar-refractivity contribution in [1.82, 2.24) is 5.01 Å². The summed E-state index contributed by atoms with van der Waals surface area (Å²) >= 11 is 1.65. The van der Waals surface area contributed by atoms with Crippen LogP contribution in [0.2, 0.25) is 0 Å². The average Bonchev–Trinajstić information content (AvgIpc) is 3.18. The summed E-state index contributed by atoms with van der Waals surface area (Å²) in [7, 11) is 0. The van der Waals surface area contributed by atoms with E-state index in [9.17, 15) is 9.59 Å². The van der Waals surface area contributed by atoms with Gasteiger partial charge in [-0.25, -0.2) is 5.01 Å². The van der Waals surface area contributed by atoms with E-state index in [1.807, 2.05) is 60.9 Å². The van der Waals surface area contributed by atoms with Crippen molar-refractivity contribution in [2.24, 2.45) is 5.10 Å². The van der Waals surface area contributed by atoms with Gasteiger partial charge in [0.25, 0.3) is 0 Å². The van der Waals surface area contributed by atoms with Gasteiger partial charge >= 0.3 is 0 Å². The predicted octanol–water partition coefficient (Wildman–Crippen LogP) is 3.76. The number of hydrazone groups is 1. The van der Waals surface area contributed by atoms with E-state index in [-0.39, 0.29) is 24.7 Å². The summed E-state index contributed by atoms with van der Waals surface area (Å²) in [4.78, 5) is 25.5. The van der Waals surface area contributed by atoms with Crippen LogP contribution >= 0.6 is 11.8 Å². The minimum absolute atomic E-state index is 0.121. The van der Waals surface area contributed by atoms with Crippen LogP contribution in [0.1, 0.15) is 24.8 Å². The number of benzene rings is 2. The molecule has 0 radical (unpaired) electrons. The van der Waals surface area contributed by atoms with Gasteiger partial charge in [0, 0.05) is 29.8 Å². The SMILES string of the molecule is CSc1ccc(NC(=O)CCC(=O)N2CCC(c3ccccc3)=N2)cc1. The maximum atomic E-state index is 12.3. The smallest absolute Gasteiger partial charge is 0.243 e. The summed E-state index contributed by atoms with van der Waals surface area (Å²) in [5, 5.41) is 8.70. The Morgan fingerprint density at radius 1 is 1.08 bits per heavy atom. The molecule has 0 aromatic heterocycles. The first-order chi connectivity index (χ1) is 12.7. The number of nitrogens with one attached hydrogen (secondary N) is 1. The number of amides is 2. The maximum Gasteiger partial charge on any atom is 0.243 e. The molecule has 26 heavy (non-hydrogen) atoms. The summed E-state index contributed by atoms with van der Waals surface area (Å²) in [5.41, 5.74) is 2.69. The Labute approximate surface area is 157 Å². The van der Waals surface area contributed by atoms with Crippen LogP contribution in [-0.2, 0) is 9.59 Å². The molecule has 1 aliphatic heterocycles. The number of hydrogen-bond acceptors (Lipinski definition) is 4. The fourth-order valence-electron chi connectivity index (χ4n) is 2.72. The third-order valence-corrected chi connectivity index (χ3v) is 4.88. The first kappa shape index (κ1) is 18.2. The zero-order chi connectivity index (χ0) is 18.4. The van der Waals surface area contributed by atoms with Gasteiger partial charge in [0.1, 0.15) is 0 Å².